The van der Waals surface area contributed by atoms with E-state index in [9.17, 15) is 4.79 Å². The zero-order valence-corrected chi connectivity index (χ0v) is 13.2. The quantitative estimate of drug-likeness (QED) is 0.618. The van der Waals surface area contributed by atoms with E-state index in [2.05, 4.69) is 17.6 Å². The Morgan fingerprint density at radius 2 is 2.05 bits per heavy atom. The van der Waals surface area contributed by atoms with Gasteiger partial charge in [-0.05, 0) is 50.4 Å². The van der Waals surface area contributed by atoms with Crippen LogP contribution in [-0.4, -0.2) is 37.8 Å². The van der Waals surface area contributed by atoms with Gasteiger partial charge in [0, 0.05) is 18.7 Å². The highest BCUT2D eigenvalue weighted by Gasteiger charge is 2.13. The van der Waals surface area contributed by atoms with Crippen molar-refractivity contribution in [3.05, 3.63) is 35.4 Å². The van der Waals surface area contributed by atoms with Crippen molar-refractivity contribution in [3.8, 4) is 0 Å². The normalized spacial score (nSPS) is 12.1. The molecule has 1 aromatic carbocycles. The van der Waals surface area contributed by atoms with Gasteiger partial charge < -0.3 is 15.7 Å². The summed E-state index contributed by atoms with van der Waals surface area (Å²) in [4.78, 5) is 12.3. The summed E-state index contributed by atoms with van der Waals surface area (Å²) >= 11 is 0. The minimum absolute atomic E-state index is 0.0132. The van der Waals surface area contributed by atoms with E-state index in [-0.39, 0.29) is 12.5 Å². The number of nitrogens with one attached hydrogen (secondary N) is 2. The lowest BCUT2D eigenvalue weighted by atomic mass is 9.99. The minimum Gasteiger partial charge on any atom is -0.396 e. The molecule has 0 fully saturated rings. The number of benzene rings is 1. The van der Waals surface area contributed by atoms with E-state index in [1.165, 1.54) is 0 Å². The summed E-state index contributed by atoms with van der Waals surface area (Å²) in [5.41, 5.74) is 1.82. The van der Waals surface area contributed by atoms with Crippen molar-refractivity contribution >= 4 is 5.91 Å². The Hall–Kier alpha value is -1.39. The van der Waals surface area contributed by atoms with E-state index in [1.54, 1.807) is 0 Å². The van der Waals surface area contributed by atoms with Gasteiger partial charge in [0.25, 0.3) is 5.91 Å². The van der Waals surface area contributed by atoms with Crippen molar-refractivity contribution in [1.29, 1.82) is 0 Å². The highest BCUT2D eigenvalue weighted by molar-refractivity contribution is 5.95. The first-order valence-corrected chi connectivity index (χ1v) is 7.84. The van der Waals surface area contributed by atoms with Gasteiger partial charge in [-0.25, -0.2) is 0 Å². The monoisotopic (exact) mass is 292 g/mol. The summed E-state index contributed by atoms with van der Waals surface area (Å²) in [5.74, 6) is 0.342. The minimum atomic E-state index is -0.0132. The topological polar surface area (TPSA) is 61.4 Å². The Kier molecular flexibility index (Phi) is 8.71. The van der Waals surface area contributed by atoms with Crippen molar-refractivity contribution in [3.63, 3.8) is 0 Å². The molecule has 1 amide bonds. The van der Waals surface area contributed by atoms with E-state index in [0.29, 0.717) is 12.5 Å². The largest absolute Gasteiger partial charge is 0.396 e. The zero-order valence-electron chi connectivity index (χ0n) is 13.2. The predicted octanol–water partition coefficient (Wildman–Crippen LogP) is 1.98. The molecule has 0 aliphatic rings. The molecule has 0 aliphatic heterocycles. The third-order valence-corrected chi connectivity index (χ3v) is 3.69. The molecule has 1 aromatic rings. The average molecular weight is 292 g/mol. The van der Waals surface area contributed by atoms with Gasteiger partial charge in [-0.15, -0.1) is 0 Å². The second kappa shape index (κ2) is 10.4. The molecule has 0 spiro atoms. The molecule has 1 unspecified atom stereocenters. The van der Waals surface area contributed by atoms with Crippen LogP contribution in [0.15, 0.2) is 24.3 Å². The molecule has 3 N–H and O–H groups in total. The number of amides is 1. The van der Waals surface area contributed by atoms with Crippen molar-refractivity contribution in [2.75, 3.05) is 26.7 Å². The first-order valence-electron chi connectivity index (χ1n) is 7.84. The van der Waals surface area contributed by atoms with Crippen LogP contribution >= 0.6 is 0 Å². The molecule has 118 valence electrons. The number of hydrogen-bond acceptors (Lipinski definition) is 3. The van der Waals surface area contributed by atoms with Crippen LogP contribution in [0.5, 0.6) is 0 Å². The lowest BCUT2D eigenvalue weighted by Crippen LogP contribution is -2.30. The van der Waals surface area contributed by atoms with E-state index < -0.39 is 0 Å². The fourth-order valence-electron chi connectivity index (χ4n) is 2.49. The van der Waals surface area contributed by atoms with Gasteiger partial charge in [-0.1, -0.05) is 31.5 Å². The van der Waals surface area contributed by atoms with Crippen LogP contribution in [0, 0.1) is 5.92 Å². The van der Waals surface area contributed by atoms with Gasteiger partial charge in [-0.2, -0.15) is 0 Å². The van der Waals surface area contributed by atoms with Crippen molar-refractivity contribution in [1.82, 2.24) is 10.6 Å². The summed E-state index contributed by atoms with van der Waals surface area (Å²) in [6.07, 6.45) is 3.69. The third kappa shape index (κ3) is 6.27. The zero-order chi connectivity index (χ0) is 15.5. The van der Waals surface area contributed by atoms with Crippen LogP contribution in [-0.2, 0) is 6.42 Å². The molecular weight excluding hydrogens is 264 g/mol. The number of hydrogen-bond donors (Lipinski definition) is 3. The summed E-state index contributed by atoms with van der Waals surface area (Å²) in [7, 11) is 1.91. The van der Waals surface area contributed by atoms with Gasteiger partial charge in [0.2, 0.25) is 0 Å². The Labute approximate surface area is 128 Å². The van der Waals surface area contributed by atoms with Crippen LogP contribution in [0.1, 0.15) is 42.1 Å². The molecule has 4 heteroatoms. The Balaban J connectivity index is 2.62. The number of aliphatic hydroxyl groups is 1. The van der Waals surface area contributed by atoms with Crippen molar-refractivity contribution < 1.29 is 9.90 Å². The fraction of sp³-hybridized carbons (Fsp3) is 0.588. The molecule has 1 atom stereocenters. The lowest BCUT2D eigenvalue weighted by Gasteiger charge is -2.16. The number of carbonyl (C=O) groups is 1. The van der Waals surface area contributed by atoms with Gasteiger partial charge in [-0.3, -0.25) is 4.79 Å². The molecular formula is C17H28N2O2. The number of rotatable bonds is 10. The van der Waals surface area contributed by atoms with Crippen LogP contribution < -0.4 is 10.6 Å². The number of carbonyl (C=O) groups excluding carboxylic acids is 1. The maximum absolute atomic E-state index is 12.3. The predicted molar refractivity (Wildman–Crippen MR) is 86.5 cm³/mol. The first-order chi connectivity index (χ1) is 10.2. The highest BCUT2D eigenvalue weighted by atomic mass is 16.3. The van der Waals surface area contributed by atoms with Crippen molar-refractivity contribution in [2.45, 2.75) is 32.6 Å². The maximum atomic E-state index is 12.3. The molecule has 0 bridgehead atoms. The SMILES string of the molecule is CCCC(CCO)CNC(=O)c1ccccc1CCNC. The number of likely N-dealkylation sites (N-methyl/N-ethyl adjacent to an activating group) is 1. The van der Waals surface area contributed by atoms with Crippen LogP contribution in [0.2, 0.25) is 0 Å². The van der Waals surface area contributed by atoms with E-state index in [4.69, 9.17) is 5.11 Å². The summed E-state index contributed by atoms with van der Waals surface area (Å²) in [6, 6.07) is 7.74. The van der Waals surface area contributed by atoms with Gasteiger partial charge in [0.05, 0.1) is 0 Å². The summed E-state index contributed by atoms with van der Waals surface area (Å²) in [5, 5.41) is 15.2. The standard InChI is InChI=1S/C17H28N2O2/c1-3-6-14(10-12-20)13-19-17(21)16-8-5-4-7-15(16)9-11-18-2/h4-5,7-8,14,18,20H,3,6,9-13H2,1-2H3,(H,19,21). The van der Waals surface area contributed by atoms with Crippen LogP contribution in [0.3, 0.4) is 0 Å². The molecule has 4 nitrogen and oxygen atoms in total. The molecule has 21 heavy (non-hydrogen) atoms. The third-order valence-electron chi connectivity index (χ3n) is 3.69. The van der Waals surface area contributed by atoms with Gasteiger partial charge in [0.15, 0.2) is 0 Å². The smallest absolute Gasteiger partial charge is 0.251 e. The van der Waals surface area contributed by atoms with E-state index in [1.807, 2.05) is 31.3 Å². The molecule has 0 saturated carbocycles. The molecule has 0 radical (unpaired) electrons. The Bertz CT molecular complexity index is 415. The maximum Gasteiger partial charge on any atom is 0.251 e. The molecule has 0 saturated heterocycles. The second-order valence-corrected chi connectivity index (χ2v) is 5.39. The van der Waals surface area contributed by atoms with E-state index >= 15 is 0 Å². The van der Waals surface area contributed by atoms with Crippen LogP contribution in [0.4, 0.5) is 0 Å². The molecule has 0 aliphatic carbocycles. The molecule has 0 heterocycles. The van der Waals surface area contributed by atoms with Crippen LogP contribution in [0.25, 0.3) is 0 Å². The summed E-state index contributed by atoms with van der Waals surface area (Å²) < 4.78 is 0. The molecule has 1 rings (SSSR count). The Morgan fingerprint density at radius 1 is 1.29 bits per heavy atom. The summed E-state index contributed by atoms with van der Waals surface area (Å²) in [6.45, 7) is 3.79. The van der Waals surface area contributed by atoms with Crippen molar-refractivity contribution in [2.24, 2.45) is 5.92 Å². The Morgan fingerprint density at radius 3 is 2.71 bits per heavy atom. The average Bonchev–Trinajstić information content (AvgIpc) is 2.51. The van der Waals surface area contributed by atoms with Gasteiger partial charge >= 0.3 is 0 Å². The lowest BCUT2D eigenvalue weighted by molar-refractivity contribution is 0.0942. The highest BCUT2D eigenvalue weighted by Crippen LogP contribution is 2.12. The number of aliphatic hydroxyl groups excluding tert-OH is 1. The second-order valence-electron chi connectivity index (χ2n) is 5.39. The van der Waals surface area contributed by atoms with E-state index in [0.717, 1.165) is 43.4 Å². The first kappa shape index (κ1) is 17.7. The molecule has 0 aromatic heterocycles. The fourth-order valence-corrected chi connectivity index (χ4v) is 2.49. The van der Waals surface area contributed by atoms with Gasteiger partial charge in [0.1, 0.15) is 0 Å².